The minimum absolute atomic E-state index is 0.153. The van der Waals surface area contributed by atoms with E-state index in [0.717, 1.165) is 12.8 Å². The van der Waals surface area contributed by atoms with Gasteiger partial charge in [0.25, 0.3) is 0 Å². The number of rotatable bonds is 1. The quantitative estimate of drug-likeness (QED) is 0.508. The average molecular weight is 324 g/mol. The van der Waals surface area contributed by atoms with Crippen LogP contribution in [0.2, 0.25) is 0 Å². The Balaban J connectivity index is 1.63. The largest absolute Gasteiger partial charge is 0.392 e. The Kier molecular flexibility index (Phi) is 3.36. The minimum Gasteiger partial charge on any atom is -0.392 e. The summed E-state index contributed by atoms with van der Waals surface area (Å²) in [5.74, 6) is 0.153. The topological polar surface area (TPSA) is 20.2 Å². The van der Waals surface area contributed by atoms with Gasteiger partial charge in [-0.15, -0.1) is 0 Å². The molecule has 0 aliphatic heterocycles. The van der Waals surface area contributed by atoms with Gasteiger partial charge in [0.2, 0.25) is 0 Å². The maximum absolute atomic E-state index is 10.9. The first-order valence-corrected chi connectivity index (χ1v) is 8.96. The van der Waals surface area contributed by atoms with Gasteiger partial charge >= 0.3 is 0 Å². The summed E-state index contributed by atoms with van der Waals surface area (Å²) in [6, 6.07) is 28.0. The molecule has 4 aromatic carbocycles. The average Bonchev–Trinajstić information content (AvgIpc) is 2.65. The number of hydrogen-bond acceptors (Lipinski definition) is 1. The van der Waals surface area contributed by atoms with Crippen LogP contribution in [0.4, 0.5) is 0 Å². The molecule has 1 heteroatoms. The molecule has 0 bridgehead atoms. The summed E-state index contributed by atoms with van der Waals surface area (Å²) in [5.41, 5.74) is 3.94. The lowest BCUT2D eigenvalue weighted by atomic mass is 9.76. The fourth-order valence-corrected chi connectivity index (χ4v) is 4.35. The zero-order valence-electron chi connectivity index (χ0n) is 14.0. The molecule has 1 N–H and O–H groups in total. The molecule has 0 heterocycles. The molecule has 0 fully saturated rings. The van der Waals surface area contributed by atoms with Gasteiger partial charge in [0.05, 0.1) is 6.10 Å². The molecule has 2 atom stereocenters. The first-order chi connectivity index (χ1) is 12.3. The van der Waals surface area contributed by atoms with E-state index in [1.54, 1.807) is 0 Å². The molecule has 5 rings (SSSR count). The maximum atomic E-state index is 10.9. The van der Waals surface area contributed by atoms with Gasteiger partial charge in [0.15, 0.2) is 0 Å². The van der Waals surface area contributed by atoms with Crippen LogP contribution in [-0.2, 0) is 12.8 Å². The first kappa shape index (κ1) is 14.7. The van der Waals surface area contributed by atoms with Crippen LogP contribution >= 0.6 is 0 Å². The zero-order chi connectivity index (χ0) is 16.8. The molecule has 1 aliphatic carbocycles. The van der Waals surface area contributed by atoms with Crippen molar-refractivity contribution in [2.45, 2.75) is 24.9 Å². The highest BCUT2D eigenvalue weighted by Gasteiger charge is 2.29. The van der Waals surface area contributed by atoms with Crippen LogP contribution in [0, 0.1) is 0 Å². The van der Waals surface area contributed by atoms with Gasteiger partial charge in [-0.25, -0.2) is 0 Å². The van der Waals surface area contributed by atoms with Crippen molar-refractivity contribution in [3.8, 4) is 0 Å². The van der Waals surface area contributed by atoms with Gasteiger partial charge in [0, 0.05) is 5.92 Å². The van der Waals surface area contributed by atoms with Crippen molar-refractivity contribution in [2.75, 3.05) is 0 Å². The van der Waals surface area contributed by atoms with Crippen LogP contribution in [-0.4, -0.2) is 11.2 Å². The van der Waals surface area contributed by atoms with E-state index in [1.165, 1.54) is 38.2 Å². The number of fused-ring (bicyclic) bond motifs is 3. The lowest BCUT2D eigenvalue weighted by molar-refractivity contribution is 0.136. The van der Waals surface area contributed by atoms with Gasteiger partial charge in [0.1, 0.15) is 0 Å². The van der Waals surface area contributed by atoms with Crippen molar-refractivity contribution >= 4 is 21.5 Å². The van der Waals surface area contributed by atoms with E-state index >= 15 is 0 Å². The number of hydrogen-bond donors (Lipinski definition) is 1. The molecule has 1 nitrogen and oxygen atoms in total. The molecule has 0 saturated heterocycles. The van der Waals surface area contributed by atoms with Crippen molar-refractivity contribution in [2.24, 2.45) is 0 Å². The normalized spacial score (nSPS) is 19.9. The van der Waals surface area contributed by atoms with E-state index in [4.69, 9.17) is 0 Å². The molecule has 122 valence electrons. The Morgan fingerprint density at radius 2 is 1.24 bits per heavy atom. The summed E-state index contributed by atoms with van der Waals surface area (Å²) in [7, 11) is 0. The Morgan fingerprint density at radius 3 is 2.00 bits per heavy atom. The van der Waals surface area contributed by atoms with Gasteiger partial charge in [-0.1, -0.05) is 78.9 Å². The summed E-state index contributed by atoms with van der Waals surface area (Å²) < 4.78 is 0. The fourth-order valence-electron chi connectivity index (χ4n) is 4.35. The van der Waals surface area contributed by atoms with Crippen LogP contribution in [0.15, 0.2) is 78.9 Å². The van der Waals surface area contributed by atoms with Gasteiger partial charge in [-0.3, -0.25) is 0 Å². The van der Waals surface area contributed by atoms with Crippen LogP contribution in [0.1, 0.15) is 22.6 Å². The maximum Gasteiger partial charge on any atom is 0.0652 e. The highest BCUT2D eigenvalue weighted by molar-refractivity contribution is 5.87. The Morgan fingerprint density at radius 1 is 0.640 bits per heavy atom. The van der Waals surface area contributed by atoms with Crippen LogP contribution in [0.5, 0.6) is 0 Å². The first-order valence-electron chi connectivity index (χ1n) is 8.96. The fraction of sp³-hybridized carbons (Fsp3) is 0.167. The molecule has 0 amide bonds. The van der Waals surface area contributed by atoms with E-state index in [-0.39, 0.29) is 12.0 Å². The summed E-state index contributed by atoms with van der Waals surface area (Å²) >= 11 is 0. The molecular weight excluding hydrogens is 304 g/mol. The van der Waals surface area contributed by atoms with E-state index < -0.39 is 0 Å². The number of benzene rings is 4. The predicted octanol–water partition coefficient (Wildman–Crippen LogP) is 5.24. The van der Waals surface area contributed by atoms with Crippen molar-refractivity contribution in [3.05, 3.63) is 95.6 Å². The summed E-state index contributed by atoms with van der Waals surface area (Å²) in [4.78, 5) is 0. The van der Waals surface area contributed by atoms with E-state index in [2.05, 4.69) is 78.9 Å². The van der Waals surface area contributed by atoms with Gasteiger partial charge < -0.3 is 5.11 Å². The van der Waals surface area contributed by atoms with Crippen LogP contribution in [0.3, 0.4) is 0 Å². The Hall–Kier alpha value is -2.64. The molecule has 4 aromatic rings. The highest BCUT2D eigenvalue weighted by Crippen LogP contribution is 2.37. The second-order valence-electron chi connectivity index (χ2n) is 7.12. The monoisotopic (exact) mass is 324 g/mol. The smallest absolute Gasteiger partial charge is 0.0652 e. The van der Waals surface area contributed by atoms with Crippen molar-refractivity contribution in [1.82, 2.24) is 0 Å². The lowest BCUT2D eigenvalue weighted by Crippen LogP contribution is -2.28. The Labute approximate surface area is 147 Å². The van der Waals surface area contributed by atoms with E-state index in [1.807, 2.05) is 0 Å². The van der Waals surface area contributed by atoms with E-state index in [0.29, 0.717) is 0 Å². The molecule has 1 aliphatic rings. The van der Waals surface area contributed by atoms with Crippen LogP contribution < -0.4 is 0 Å². The summed E-state index contributed by atoms with van der Waals surface area (Å²) in [6.07, 6.45) is 1.29. The molecular formula is C24H20O. The van der Waals surface area contributed by atoms with Gasteiger partial charge in [-0.2, -0.15) is 0 Å². The SMILES string of the molecule is O[C@@H]1Cc2cc3ccccc3cc2C[C@@H]1c1cccc2ccccc12. The third-order valence-electron chi connectivity index (χ3n) is 5.62. The second-order valence-corrected chi connectivity index (χ2v) is 7.12. The van der Waals surface area contributed by atoms with Crippen molar-refractivity contribution in [3.63, 3.8) is 0 Å². The van der Waals surface area contributed by atoms with E-state index in [9.17, 15) is 5.11 Å². The number of aliphatic hydroxyl groups excluding tert-OH is 1. The van der Waals surface area contributed by atoms with Gasteiger partial charge in [-0.05, 0) is 51.1 Å². The Bertz CT molecular complexity index is 1070. The molecule has 0 unspecified atom stereocenters. The minimum atomic E-state index is -0.334. The predicted molar refractivity (Wildman–Crippen MR) is 104 cm³/mol. The van der Waals surface area contributed by atoms with Crippen molar-refractivity contribution < 1.29 is 5.11 Å². The second kappa shape index (κ2) is 5.72. The molecule has 0 aromatic heterocycles. The summed E-state index contributed by atoms with van der Waals surface area (Å²) in [6.45, 7) is 0. The zero-order valence-corrected chi connectivity index (χ0v) is 14.0. The third kappa shape index (κ3) is 2.43. The third-order valence-corrected chi connectivity index (χ3v) is 5.62. The standard InChI is InChI=1S/C24H20O/c25-24-15-20-13-18-8-2-1-7-17(18)12-19(20)14-23(24)22-11-5-9-16-6-3-4-10-21(16)22/h1-13,23-25H,14-15H2/t23-,24-/m1/s1. The molecule has 0 radical (unpaired) electrons. The molecule has 0 saturated carbocycles. The van der Waals surface area contributed by atoms with Crippen molar-refractivity contribution in [1.29, 1.82) is 0 Å². The lowest BCUT2D eigenvalue weighted by Gasteiger charge is -2.31. The molecule has 0 spiro atoms. The number of aliphatic hydroxyl groups is 1. The van der Waals surface area contributed by atoms with Crippen LogP contribution in [0.25, 0.3) is 21.5 Å². The highest BCUT2D eigenvalue weighted by atomic mass is 16.3. The summed E-state index contributed by atoms with van der Waals surface area (Å²) in [5, 5.41) is 16.0. The molecule has 25 heavy (non-hydrogen) atoms.